The number of hydrazone groups is 1. The molecule has 0 aliphatic carbocycles. The number of amides is 1. The molecule has 0 aliphatic heterocycles. The van der Waals surface area contributed by atoms with Crippen LogP contribution in [0, 0.1) is 0 Å². The molecule has 2 N–H and O–H groups in total. The number of rotatable bonds is 4. The van der Waals surface area contributed by atoms with Crippen LogP contribution < -0.4 is 10.3 Å². The van der Waals surface area contributed by atoms with Gasteiger partial charge >= 0.3 is 0 Å². The number of nitrogens with zero attached hydrogens (tertiary/aromatic N) is 2. The number of halogens is 1. The van der Waals surface area contributed by atoms with Crippen LogP contribution in [0.3, 0.4) is 0 Å². The van der Waals surface area contributed by atoms with Crippen molar-refractivity contribution in [3.05, 3.63) is 58.1 Å². The summed E-state index contributed by atoms with van der Waals surface area (Å²) in [5.41, 5.74) is 4.51. The van der Waals surface area contributed by atoms with Gasteiger partial charge in [0.1, 0.15) is 5.75 Å². The van der Waals surface area contributed by atoms with Crippen LogP contribution in [0.4, 0.5) is 5.69 Å². The number of anilines is 1. The molecule has 0 radical (unpaired) electrons. The molecule has 5 nitrogen and oxygen atoms in total. The van der Waals surface area contributed by atoms with Crippen molar-refractivity contribution in [2.75, 3.05) is 19.0 Å². The molecular weight excluding hydrogens is 346 g/mol. The first-order chi connectivity index (χ1) is 10.5. The van der Waals surface area contributed by atoms with Gasteiger partial charge in [-0.05, 0) is 35.9 Å². The minimum absolute atomic E-state index is 0.0996. The summed E-state index contributed by atoms with van der Waals surface area (Å²) in [6.45, 7) is 0. The Hall–Kier alpha value is -2.34. The van der Waals surface area contributed by atoms with Gasteiger partial charge in [0, 0.05) is 24.3 Å². The Balaban J connectivity index is 2.01. The molecule has 0 heterocycles. The van der Waals surface area contributed by atoms with E-state index in [0.29, 0.717) is 4.47 Å². The molecule has 22 heavy (non-hydrogen) atoms. The first-order valence-corrected chi connectivity index (χ1v) is 7.36. The SMILES string of the molecule is CN(C)c1ccc(C=NNC(=O)c2ccc(Br)cc2O)cc1. The molecule has 0 unspecified atom stereocenters. The van der Waals surface area contributed by atoms with E-state index in [1.807, 2.05) is 43.3 Å². The van der Waals surface area contributed by atoms with Gasteiger partial charge in [-0.15, -0.1) is 0 Å². The fraction of sp³-hybridized carbons (Fsp3) is 0.125. The third-order valence-electron chi connectivity index (χ3n) is 2.99. The highest BCUT2D eigenvalue weighted by Crippen LogP contribution is 2.22. The molecule has 0 atom stereocenters. The lowest BCUT2D eigenvalue weighted by molar-refractivity contribution is 0.0952. The summed E-state index contributed by atoms with van der Waals surface area (Å²) in [5, 5.41) is 13.6. The van der Waals surface area contributed by atoms with E-state index in [9.17, 15) is 9.90 Å². The average molecular weight is 362 g/mol. The molecule has 0 spiro atoms. The van der Waals surface area contributed by atoms with Crippen molar-refractivity contribution in [1.29, 1.82) is 0 Å². The smallest absolute Gasteiger partial charge is 0.275 e. The Bertz CT molecular complexity index is 697. The van der Waals surface area contributed by atoms with Crippen molar-refractivity contribution >= 4 is 33.7 Å². The Morgan fingerprint density at radius 1 is 1.23 bits per heavy atom. The van der Waals surface area contributed by atoms with Crippen LogP contribution in [-0.2, 0) is 0 Å². The van der Waals surface area contributed by atoms with Gasteiger partial charge in [-0.2, -0.15) is 5.10 Å². The van der Waals surface area contributed by atoms with Gasteiger partial charge in [-0.25, -0.2) is 5.43 Å². The van der Waals surface area contributed by atoms with Crippen molar-refractivity contribution in [2.24, 2.45) is 5.10 Å². The Morgan fingerprint density at radius 2 is 1.91 bits per heavy atom. The lowest BCUT2D eigenvalue weighted by atomic mass is 10.2. The summed E-state index contributed by atoms with van der Waals surface area (Å²) in [7, 11) is 3.93. The van der Waals surface area contributed by atoms with Gasteiger partial charge in [-0.1, -0.05) is 28.1 Å². The maximum absolute atomic E-state index is 11.9. The van der Waals surface area contributed by atoms with E-state index < -0.39 is 5.91 Å². The van der Waals surface area contributed by atoms with E-state index in [1.165, 1.54) is 12.1 Å². The molecule has 114 valence electrons. The second kappa shape index (κ2) is 7.09. The van der Waals surface area contributed by atoms with Crippen molar-refractivity contribution in [3.63, 3.8) is 0 Å². The largest absolute Gasteiger partial charge is 0.507 e. The number of nitrogens with one attached hydrogen (secondary N) is 1. The maximum Gasteiger partial charge on any atom is 0.275 e. The van der Waals surface area contributed by atoms with Gasteiger partial charge in [0.15, 0.2) is 0 Å². The second-order valence-electron chi connectivity index (χ2n) is 4.85. The lowest BCUT2D eigenvalue weighted by Gasteiger charge is -2.11. The summed E-state index contributed by atoms with van der Waals surface area (Å²) < 4.78 is 0.700. The van der Waals surface area contributed by atoms with E-state index in [4.69, 9.17) is 0 Å². The molecule has 2 rings (SSSR count). The normalized spacial score (nSPS) is 10.7. The predicted molar refractivity (Wildman–Crippen MR) is 91.6 cm³/mol. The third kappa shape index (κ3) is 4.08. The number of carbonyl (C=O) groups excluding carboxylic acids is 1. The molecule has 0 aromatic heterocycles. The number of aromatic hydroxyl groups is 1. The molecule has 0 aliphatic rings. The molecular formula is C16H16BrN3O2. The van der Waals surface area contributed by atoms with Crippen LogP contribution in [0.1, 0.15) is 15.9 Å². The Kier molecular flexibility index (Phi) is 5.16. The van der Waals surface area contributed by atoms with Crippen LogP contribution in [0.25, 0.3) is 0 Å². The fourth-order valence-electron chi connectivity index (χ4n) is 1.78. The van der Waals surface area contributed by atoms with Gasteiger partial charge in [-0.3, -0.25) is 4.79 Å². The second-order valence-corrected chi connectivity index (χ2v) is 5.76. The molecule has 0 saturated carbocycles. The van der Waals surface area contributed by atoms with Crippen molar-refractivity contribution in [3.8, 4) is 5.75 Å². The van der Waals surface area contributed by atoms with Crippen LogP contribution in [0.5, 0.6) is 5.75 Å². The number of hydrogen-bond acceptors (Lipinski definition) is 4. The highest BCUT2D eigenvalue weighted by molar-refractivity contribution is 9.10. The number of benzene rings is 2. The molecule has 0 fully saturated rings. The molecule has 2 aromatic rings. The van der Waals surface area contributed by atoms with Crippen LogP contribution >= 0.6 is 15.9 Å². The van der Waals surface area contributed by atoms with Crippen molar-refractivity contribution < 1.29 is 9.90 Å². The molecule has 6 heteroatoms. The zero-order valence-corrected chi connectivity index (χ0v) is 13.8. The maximum atomic E-state index is 11.9. The summed E-state index contributed by atoms with van der Waals surface area (Å²) in [6, 6.07) is 12.4. The predicted octanol–water partition coefficient (Wildman–Crippen LogP) is 2.98. The average Bonchev–Trinajstić information content (AvgIpc) is 2.47. The van der Waals surface area contributed by atoms with E-state index >= 15 is 0 Å². The van der Waals surface area contributed by atoms with Gasteiger partial charge < -0.3 is 10.0 Å². The van der Waals surface area contributed by atoms with Crippen LogP contribution in [-0.4, -0.2) is 31.3 Å². The lowest BCUT2D eigenvalue weighted by Crippen LogP contribution is -2.17. The zero-order valence-electron chi connectivity index (χ0n) is 12.2. The van der Waals surface area contributed by atoms with E-state index in [1.54, 1.807) is 12.3 Å². The number of carbonyl (C=O) groups is 1. The van der Waals surface area contributed by atoms with Gasteiger partial charge in [0.25, 0.3) is 5.91 Å². The van der Waals surface area contributed by atoms with Gasteiger partial charge in [0.2, 0.25) is 0 Å². The standard InChI is InChI=1S/C16H16BrN3O2/c1-20(2)13-6-3-11(4-7-13)10-18-19-16(22)14-8-5-12(17)9-15(14)21/h3-10,21H,1-2H3,(H,19,22). The minimum Gasteiger partial charge on any atom is -0.507 e. The number of phenolic OH excluding ortho intramolecular Hbond substituents is 1. The monoisotopic (exact) mass is 361 g/mol. The number of hydrogen-bond donors (Lipinski definition) is 2. The van der Waals surface area contributed by atoms with E-state index in [2.05, 4.69) is 26.5 Å². The van der Waals surface area contributed by atoms with Crippen LogP contribution in [0.15, 0.2) is 52.0 Å². The summed E-state index contributed by atoms with van der Waals surface area (Å²) in [4.78, 5) is 13.9. The fourth-order valence-corrected chi connectivity index (χ4v) is 2.13. The zero-order chi connectivity index (χ0) is 16.1. The first-order valence-electron chi connectivity index (χ1n) is 6.56. The molecule has 0 bridgehead atoms. The Labute approximate surface area is 137 Å². The first kappa shape index (κ1) is 16.0. The third-order valence-corrected chi connectivity index (χ3v) is 3.49. The minimum atomic E-state index is -0.467. The van der Waals surface area contributed by atoms with E-state index in [0.717, 1.165) is 11.3 Å². The summed E-state index contributed by atoms with van der Waals surface area (Å²) in [5.74, 6) is -0.566. The highest BCUT2D eigenvalue weighted by atomic mass is 79.9. The van der Waals surface area contributed by atoms with Gasteiger partial charge in [0.05, 0.1) is 11.8 Å². The van der Waals surface area contributed by atoms with E-state index in [-0.39, 0.29) is 11.3 Å². The van der Waals surface area contributed by atoms with Crippen LogP contribution in [0.2, 0.25) is 0 Å². The molecule has 2 aromatic carbocycles. The summed E-state index contributed by atoms with van der Waals surface area (Å²) >= 11 is 3.22. The van der Waals surface area contributed by atoms with Crippen molar-refractivity contribution in [2.45, 2.75) is 0 Å². The quantitative estimate of drug-likeness (QED) is 0.649. The highest BCUT2D eigenvalue weighted by Gasteiger charge is 2.10. The molecule has 0 saturated heterocycles. The number of phenols is 1. The topological polar surface area (TPSA) is 64.9 Å². The summed E-state index contributed by atoms with van der Waals surface area (Å²) in [6.07, 6.45) is 1.55. The molecule has 1 amide bonds. The Morgan fingerprint density at radius 3 is 2.50 bits per heavy atom. The van der Waals surface area contributed by atoms with Crippen molar-refractivity contribution in [1.82, 2.24) is 5.43 Å².